The molecule has 0 saturated carbocycles. The van der Waals surface area contributed by atoms with Gasteiger partial charge in [0.05, 0.1) is 5.75 Å². The summed E-state index contributed by atoms with van der Waals surface area (Å²) in [5.74, 6) is -0.151. The SMILES string of the molecule is CS(=O)(=O)CCC=S(N)(=O)O. The Bertz CT molecular complexity index is 314. The molecule has 0 saturated heterocycles. The van der Waals surface area contributed by atoms with Crippen LogP contribution in [0.1, 0.15) is 6.42 Å². The van der Waals surface area contributed by atoms with E-state index in [0.717, 1.165) is 11.6 Å². The Kier molecular flexibility index (Phi) is 3.49. The first kappa shape index (κ1) is 10.9. The Balaban J connectivity index is 4.07. The molecule has 0 amide bonds. The summed E-state index contributed by atoms with van der Waals surface area (Å²) in [4.78, 5) is 0. The summed E-state index contributed by atoms with van der Waals surface area (Å²) in [6, 6.07) is 0. The van der Waals surface area contributed by atoms with Gasteiger partial charge in [0.1, 0.15) is 19.8 Å². The van der Waals surface area contributed by atoms with Gasteiger partial charge < -0.3 is 4.55 Å². The molecule has 5 nitrogen and oxygen atoms in total. The maximum atomic E-state index is 10.5. The lowest BCUT2D eigenvalue weighted by atomic mass is 10.6. The van der Waals surface area contributed by atoms with E-state index in [2.05, 4.69) is 0 Å². The number of rotatable bonds is 3. The van der Waals surface area contributed by atoms with Gasteiger partial charge in [-0.2, -0.15) is 0 Å². The molecular weight excluding hydrogens is 190 g/mol. The van der Waals surface area contributed by atoms with Crippen LogP contribution in [0.5, 0.6) is 0 Å². The highest BCUT2D eigenvalue weighted by molar-refractivity contribution is 7.94. The van der Waals surface area contributed by atoms with Crippen LogP contribution in [0.25, 0.3) is 0 Å². The zero-order valence-corrected chi connectivity index (χ0v) is 7.69. The second-order valence-electron chi connectivity index (χ2n) is 2.20. The molecule has 0 aliphatic rings. The summed E-state index contributed by atoms with van der Waals surface area (Å²) in [7, 11) is -6.46. The van der Waals surface area contributed by atoms with Gasteiger partial charge in [-0.1, -0.05) is 0 Å². The lowest BCUT2D eigenvalue weighted by Crippen LogP contribution is -2.15. The van der Waals surface area contributed by atoms with E-state index in [1.54, 1.807) is 0 Å². The van der Waals surface area contributed by atoms with Gasteiger partial charge in [-0.05, 0) is 6.42 Å². The summed E-state index contributed by atoms with van der Waals surface area (Å²) in [5, 5.41) is 5.59. The molecule has 7 heteroatoms. The van der Waals surface area contributed by atoms with Crippen LogP contribution in [0.2, 0.25) is 0 Å². The van der Waals surface area contributed by atoms with Gasteiger partial charge >= 0.3 is 0 Å². The molecule has 0 rings (SSSR count). The van der Waals surface area contributed by atoms with Crippen molar-refractivity contribution in [3.8, 4) is 0 Å². The largest absolute Gasteiger partial charge is 0.303 e. The van der Waals surface area contributed by atoms with Crippen LogP contribution < -0.4 is 5.14 Å². The second-order valence-corrected chi connectivity index (χ2v) is 6.02. The number of hydrogen-bond donors (Lipinski definition) is 2. The third-order valence-electron chi connectivity index (χ3n) is 0.845. The van der Waals surface area contributed by atoms with Gasteiger partial charge in [-0.15, -0.1) is 0 Å². The summed E-state index contributed by atoms with van der Waals surface area (Å²) in [5.41, 5.74) is 0. The Morgan fingerprint density at radius 2 is 1.91 bits per heavy atom. The fourth-order valence-corrected chi connectivity index (χ4v) is 1.58. The molecule has 0 aliphatic heterocycles. The molecule has 68 valence electrons. The molecule has 11 heavy (non-hydrogen) atoms. The minimum atomic E-state index is -3.39. The quantitative estimate of drug-likeness (QED) is 0.564. The van der Waals surface area contributed by atoms with E-state index in [9.17, 15) is 12.6 Å². The van der Waals surface area contributed by atoms with Crippen molar-refractivity contribution in [2.75, 3.05) is 12.0 Å². The summed E-state index contributed by atoms with van der Waals surface area (Å²) in [6.45, 7) is 0. The van der Waals surface area contributed by atoms with E-state index < -0.39 is 19.8 Å². The highest BCUT2D eigenvalue weighted by Crippen LogP contribution is 1.86. The van der Waals surface area contributed by atoms with Gasteiger partial charge in [0.25, 0.3) is 0 Å². The lowest BCUT2D eigenvalue weighted by molar-refractivity contribution is 0.561. The maximum absolute atomic E-state index is 10.5. The lowest BCUT2D eigenvalue weighted by Gasteiger charge is -1.94. The monoisotopic (exact) mass is 201 g/mol. The molecule has 1 unspecified atom stereocenters. The fraction of sp³-hybridized carbons (Fsp3) is 0.750. The van der Waals surface area contributed by atoms with Crippen LogP contribution in [0.3, 0.4) is 0 Å². The first-order valence-electron chi connectivity index (χ1n) is 2.76. The molecular formula is C4H11NO4S2. The van der Waals surface area contributed by atoms with Crippen LogP contribution in [-0.2, 0) is 19.8 Å². The zero-order valence-electron chi connectivity index (χ0n) is 6.06. The molecule has 0 aromatic rings. The Labute approximate surface area is 66.5 Å². The van der Waals surface area contributed by atoms with Crippen molar-refractivity contribution in [3.63, 3.8) is 0 Å². The number of nitrogens with two attached hydrogens (primary N) is 1. The van der Waals surface area contributed by atoms with Crippen molar-refractivity contribution in [2.24, 2.45) is 5.14 Å². The first-order valence-corrected chi connectivity index (χ1v) is 6.46. The van der Waals surface area contributed by atoms with Gasteiger partial charge in [0.15, 0.2) is 0 Å². The maximum Gasteiger partial charge on any atom is 0.147 e. The molecule has 0 aliphatic carbocycles. The van der Waals surface area contributed by atoms with Crippen LogP contribution in [0, 0.1) is 0 Å². The van der Waals surface area contributed by atoms with Crippen LogP contribution in [0.4, 0.5) is 0 Å². The highest BCUT2D eigenvalue weighted by atomic mass is 32.2. The molecule has 0 aromatic heterocycles. The van der Waals surface area contributed by atoms with Crippen LogP contribution in [-0.4, -0.2) is 34.6 Å². The molecule has 0 spiro atoms. The van der Waals surface area contributed by atoms with E-state index in [1.807, 2.05) is 0 Å². The predicted molar refractivity (Wildman–Crippen MR) is 45.4 cm³/mol. The van der Waals surface area contributed by atoms with E-state index in [-0.39, 0.29) is 12.2 Å². The number of sulfone groups is 1. The molecule has 0 bridgehead atoms. The average molecular weight is 201 g/mol. The van der Waals surface area contributed by atoms with Gasteiger partial charge in [-0.3, -0.25) is 0 Å². The van der Waals surface area contributed by atoms with Gasteiger partial charge in [0.2, 0.25) is 0 Å². The van der Waals surface area contributed by atoms with Crippen LogP contribution >= 0.6 is 0 Å². The minimum absolute atomic E-state index is 0.00463. The van der Waals surface area contributed by atoms with Crippen molar-refractivity contribution in [3.05, 3.63) is 0 Å². The zero-order chi connectivity index (χ0) is 9.12. The van der Waals surface area contributed by atoms with Gasteiger partial charge in [-0.25, -0.2) is 17.8 Å². The van der Waals surface area contributed by atoms with E-state index in [4.69, 9.17) is 9.69 Å². The smallest absolute Gasteiger partial charge is 0.147 e. The van der Waals surface area contributed by atoms with E-state index >= 15 is 0 Å². The predicted octanol–water partition coefficient (Wildman–Crippen LogP) is -1.15. The summed E-state index contributed by atoms with van der Waals surface area (Å²) >= 11 is 0. The minimum Gasteiger partial charge on any atom is -0.303 e. The van der Waals surface area contributed by atoms with Crippen molar-refractivity contribution in [2.45, 2.75) is 6.42 Å². The molecule has 0 heterocycles. The van der Waals surface area contributed by atoms with Crippen LogP contribution in [0.15, 0.2) is 0 Å². The Morgan fingerprint density at radius 1 is 1.45 bits per heavy atom. The second kappa shape index (κ2) is 3.53. The Morgan fingerprint density at radius 3 is 2.18 bits per heavy atom. The molecule has 0 radical (unpaired) electrons. The van der Waals surface area contributed by atoms with E-state index in [1.165, 1.54) is 0 Å². The number of hydrogen-bond acceptors (Lipinski definition) is 3. The van der Waals surface area contributed by atoms with Crippen molar-refractivity contribution >= 4 is 25.2 Å². The van der Waals surface area contributed by atoms with E-state index in [0.29, 0.717) is 0 Å². The third-order valence-corrected chi connectivity index (χ3v) is 2.54. The van der Waals surface area contributed by atoms with Crippen molar-refractivity contribution in [1.29, 1.82) is 0 Å². The van der Waals surface area contributed by atoms with Gasteiger partial charge in [0, 0.05) is 11.6 Å². The first-order chi connectivity index (χ1) is 4.71. The average Bonchev–Trinajstić information content (AvgIpc) is 1.55. The van der Waals surface area contributed by atoms with Crippen molar-refractivity contribution < 1.29 is 17.2 Å². The molecule has 3 N–H and O–H groups in total. The molecule has 1 atom stereocenters. The van der Waals surface area contributed by atoms with Crippen molar-refractivity contribution in [1.82, 2.24) is 0 Å². The highest BCUT2D eigenvalue weighted by Gasteiger charge is 2.00. The third kappa shape index (κ3) is 9.89. The normalized spacial score (nSPS) is 17.4. The fourth-order valence-electron chi connectivity index (χ4n) is 0.431. The Hall–Kier alpha value is -0.110. The summed E-state index contributed by atoms with van der Waals surface area (Å²) < 4.78 is 39.8. The molecule has 0 aromatic carbocycles. The molecule has 0 fully saturated rings. The topological polar surface area (TPSA) is 97.5 Å². The summed E-state index contributed by atoms with van der Waals surface area (Å²) in [6.07, 6.45) is 1.06. The standard InChI is InChI=1S/C4H11NO4S2/c1-10(6,7)3-2-4-11(5,8)9/h4H,2-3H2,1H3,(H3,5,8,9).